The highest BCUT2D eigenvalue weighted by Crippen LogP contribution is 2.19. The van der Waals surface area contributed by atoms with Crippen LogP contribution in [0.25, 0.3) is 0 Å². The SMILES string of the molecule is Cc1ccc(C)c(OCC2COC(C)CN2)c1. The predicted octanol–water partition coefficient (Wildman–Crippen LogP) is 2.06. The normalized spacial score (nSPS) is 24.6. The van der Waals surface area contributed by atoms with Gasteiger partial charge in [-0.3, -0.25) is 0 Å². The first-order valence-electron chi connectivity index (χ1n) is 6.20. The Bertz CT molecular complexity index is 370. The molecule has 1 aliphatic rings. The molecule has 3 heteroatoms. The molecule has 0 amide bonds. The van der Waals surface area contributed by atoms with Crippen LogP contribution in [0.2, 0.25) is 0 Å². The first-order chi connectivity index (χ1) is 8.15. The Morgan fingerprint density at radius 3 is 2.94 bits per heavy atom. The lowest BCUT2D eigenvalue weighted by molar-refractivity contribution is 0.00450. The predicted molar refractivity (Wildman–Crippen MR) is 68.6 cm³/mol. The zero-order chi connectivity index (χ0) is 12.3. The first kappa shape index (κ1) is 12.4. The molecular weight excluding hydrogens is 214 g/mol. The van der Waals surface area contributed by atoms with E-state index in [0.717, 1.165) is 18.9 Å². The number of nitrogens with one attached hydrogen (secondary N) is 1. The molecule has 3 nitrogen and oxygen atoms in total. The lowest BCUT2D eigenvalue weighted by Gasteiger charge is -2.28. The van der Waals surface area contributed by atoms with Crippen LogP contribution >= 0.6 is 0 Å². The standard InChI is InChI=1S/C14H21NO2/c1-10-4-5-11(2)14(6-10)17-9-13-8-16-12(3)7-15-13/h4-6,12-13,15H,7-9H2,1-3H3. The minimum atomic E-state index is 0.297. The molecule has 0 saturated carbocycles. The molecule has 1 heterocycles. The molecule has 2 unspecified atom stereocenters. The average molecular weight is 235 g/mol. The number of morpholine rings is 1. The molecule has 1 fully saturated rings. The van der Waals surface area contributed by atoms with Gasteiger partial charge in [0.05, 0.1) is 18.8 Å². The Hall–Kier alpha value is -1.06. The van der Waals surface area contributed by atoms with Gasteiger partial charge in [0.1, 0.15) is 12.4 Å². The highest BCUT2D eigenvalue weighted by Gasteiger charge is 2.18. The summed E-state index contributed by atoms with van der Waals surface area (Å²) >= 11 is 0. The molecule has 0 aromatic heterocycles. The molecule has 0 spiro atoms. The van der Waals surface area contributed by atoms with Crippen molar-refractivity contribution in [2.45, 2.75) is 32.9 Å². The van der Waals surface area contributed by atoms with Crippen LogP contribution in [0.5, 0.6) is 5.75 Å². The van der Waals surface area contributed by atoms with Gasteiger partial charge in [0.15, 0.2) is 0 Å². The highest BCUT2D eigenvalue weighted by atomic mass is 16.5. The van der Waals surface area contributed by atoms with E-state index in [0.29, 0.717) is 18.8 Å². The number of rotatable bonds is 3. The van der Waals surface area contributed by atoms with Crippen LogP contribution < -0.4 is 10.1 Å². The minimum absolute atomic E-state index is 0.297. The highest BCUT2D eigenvalue weighted by molar-refractivity contribution is 5.35. The van der Waals surface area contributed by atoms with E-state index in [4.69, 9.17) is 9.47 Å². The van der Waals surface area contributed by atoms with Gasteiger partial charge < -0.3 is 14.8 Å². The smallest absolute Gasteiger partial charge is 0.122 e. The minimum Gasteiger partial charge on any atom is -0.492 e. The van der Waals surface area contributed by atoms with Crippen molar-refractivity contribution in [1.82, 2.24) is 5.32 Å². The molecule has 1 aromatic rings. The summed E-state index contributed by atoms with van der Waals surface area (Å²) in [5, 5.41) is 3.42. The van der Waals surface area contributed by atoms with Crippen molar-refractivity contribution < 1.29 is 9.47 Å². The molecule has 1 saturated heterocycles. The van der Waals surface area contributed by atoms with Crippen LogP contribution in [0.4, 0.5) is 0 Å². The van der Waals surface area contributed by atoms with Crippen molar-refractivity contribution in [1.29, 1.82) is 0 Å². The summed E-state index contributed by atoms with van der Waals surface area (Å²) in [5.41, 5.74) is 2.41. The average Bonchev–Trinajstić information content (AvgIpc) is 2.32. The quantitative estimate of drug-likeness (QED) is 0.870. The van der Waals surface area contributed by atoms with Gasteiger partial charge in [-0.05, 0) is 38.0 Å². The second-order valence-corrected chi connectivity index (χ2v) is 4.83. The van der Waals surface area contributed by atoms with E-state index < -0.39 is 0 Å². The lowest BCUT2D eigenvalue weighted by Crippen LogP contribution is -2.48. The van der Waals surface area contributed by atoms with Crippen molar-refractivity contribution in [2.75, 3.05) is 19.8 Å². The maximum Gasteiger partial charge on any atom is 0.122 e. The monoisotopic (exact) mass is 235 g/mol. The molecule has 0 bridgehead atoms. The van der Waals surface area contributed by atoms with E-state index in [1.54, 1.807) is 0 Å². The van der Waals surface area contributed by atoms with E-state index >= 15 is 0 Å². The van der Waals surface area contributed by atoms with Gasteiger partial charge in [-0.2, -0.15) is 0 Å². The van der Waals surface area contributed by atoms with Crippen molar-refractivity contribution in [3.63, 3.8) is 0 Å². The molecule has 94 valence electrons. The summed E-state index contributed by atoms with van der Waals surface area (Å²) in [4.78, 5) is 0. The number of aryl methyl sites for hydroxylation is 2. The molecule has 17 heavy (non-hydrogen) atoms. The van der Waals surface area contributed by atoms with Crippen molar-refractivity contribution in [3.8, 4) is 5.75 Å². The molecule has 2 rings (SSSR count). The largest absolute Gasteiger partial charge is 0.492 e. The number of hydrogen-bond acceptors (Lipinski definition) is 3. The third-order valence-corrected chi connectivity index (χ3v) is 3.06. The molecule has 1 aromatic carbocycles. The fraction of sp³-hybridized carbons (Fsp3) is 0.571. The van der Waals surface area contributed by atoms with Crippen molar-refractivity contribution in [3.05, 3.63) is 29.3 Å². The van der Waals surface area contributed by atoms with Crippen LogP contribution in [-0.2, 0) is 4.74 Å². The maximum atomic E-state index is 5.85. The van der Waals surface area contributed by atoms with E-state index in [1.807, 2.05) is 0 Å². The number of hydrogen-bond donors (Lipinski definition) is 1. The van der Waals surface area contributed by atoms with Gasteiger partial charge in [-0.1, -0.05) is 12.1 Å². The topological polar surface area (TPSA) is 30.5 Å². The van der Waals surface area contributed by atoms with Gasteiger partial charge in [-0.15, -0.1) is 0 Å². The zero-order valence-electron chi connectivity index (χ0n) is 10.8. The van der Waals surface area contributed by atoms with E-state index in [-0.39, 0.29) is 0 Å². The Labute approximate surface area is 103 Å². The fourth-order valence-electron chi connectivity index (χ4n) is 1.89. The Kier molecular flexibility index (Phi) is 4.02. The molecule has 1 aliphatic heterocycles. The van der Waals surface area contributed by atoms with Gasteiger partial charge >= 0.3 is 0 Å². The van der Waals surface area contributed by atoms with E-state index in [9.17, 15) is 0 Å². The van der Waals surface area contributed by atoms with E-state index in [1.165, 1.54) is 11.1 Å². The van der Waals surface area contributed by atoms with Gasteiger partial charge in [0.2, 0.25) is 0 Å². The van der Waals surface area contributed by atoms with Gasteiger partial charge in [0.25, 0.3) is 0 Å². The summed E-state index contributed by atoms with van der Waals surface area (Å²) in [6.07, 6.45) is 0.312. The summed E-state index contributed by atoms with van der Waals surface area (Å²) in [6, 6.07) is 6.58. The third kappa shape index (κ3) is 3.45. The van der Waals surface area contributed by atoms with Crippen molar-refractivity contribution in [2.24, 2.45) is 0 Å². The van der Waals surface area contributed by atoms with Crippen LogP contribution in [0.15, 0.2) is 18.2 Å². The first-order valence-corrected chi connectivity index (χ1v) is 6.20. The molecular formula is C14H21NO2. The summed E-state index contributed by atoms with van der Waals surface area (Å²) in [6.45, 7) is 8.52. The second kappa shape index (κ2) is 5.52. The maximum absolute atomic E-state index is 5.85. The molecule has 1 N–H and O–H groups in total. The molecule has 2 atom stereocenters. The van der Waals surface area contributed by atoms with Crippen LogP contribution in [-0.4, -0.2) is 31.9 Å². The fourth-order valence-corrected chi connectivity index (χ4v) is 1.89. The summed E-state index contributed by atoms with van der Waals surface area (Å²) in [7, 11) is 0. The lowest BCUT2D eigenvalue weighted by atomic mass is 10.1. The van der Waals surface area contributed by atoms with Crippen LogP contribution in [0.3, 0.4) is 0 Å². The molecule has 0 aliphatic carbocycles. The van der Waals surface area contributed by atoms with Gasteiger partial charge in [0, 0.05) is 6.54 Å². The Morgan fingerprint density at radius 1 is 1.41 bits per heavy atom. The number of ether oxygens (including phenoxy) is 2. The van der Waals surface area contributed by atoms with Crippen molar-refractivity contribution >= 4 is 0 Å². The van der Waals surface area contributed by atoms with Gasteiger partial charge in [-0.25, -0.2) is 0 Å². The molecule has 0 radical (unpaired) electrons. The van der Waals surface area contributed by atoms with Crippen LogP contribution in [0.1, 0.15) is 18.1 Å². The number of benzene rings is 1. The Morgan fingerprint density at radius 2 is 2.24 bits per heavy atom. The Balaban J connectivity index is 1.87. The van der Waals surface area contributed by atoms with Crippen LogP contribution in [0, 0.1) is 13.8 Å². The van der Waals surface area contributed by atoms with E-state index in [2.05, 4.69) is 44.3 Å². The zero-order valence-corrected chi connectivity index (χ0v) is 10.8. The summed E-state index contributed by atoms with van der Waals surface area (Å²) < 4.78 is 11.4. The second-order valence-electron chi connectivity index (χ2n) is 4.83. The summed E-state index contributed by atoms with van der Waals surface area (Å²) in [5.74, 6) is 0.977. The third-order valence-electron chi connectivity index (χ3n) is 3.06.